The Morgan fingerprint density at radius 3 is 2.17 bits per heavy atom. The number of carbonyl (C=O) groups is 2. The number of hydrogen-bond donors (Lipinski definition) is 2. The number of fused-ring (bicyclic) bond motifs is 1. The molecule has 1 aliphatic rings. The van der Waals surface area contributed by atoms with E-state index in [9.17, 15) is 18.0 Å². The molecule has 10 heteroatoms. The SMILES string of the molecule is CC(C)(C)c1ccc(C(=O)Nc2cccc(NC(=O)CCCN(c3ccc4c(c3)OCCO4)S(C)(=O)=O)c2)cc1. The average molecular weight is 566 g/mol. The maximum atomic E-state index is 12.7. The largest absolute Gasteiger partial charge is 0.486 e. The lowest BCUT2D eigenvalue weighted by Crippen LogP contribution is -2.31. The van der Waals surface area contributed by atoms with Gasteiger partial charge in [-0.3, -0.25) is 13.9 Å². The third-order valence-corrected chi connectivity index (χ3v) is 7.59. The highest BCUT2D eigenvalue weighted by Crippen LogP contribution is 2.34. The number of rotatable bonds is 9. The Balaban J connectivity index is 1.32. The number of nitrogens with zero attached hydrogens (tertiary/aromatic N) is 1. The number of anilines is 3. The van der Waals surface area contributed by atoms with Crippen LogP contribution in [0, 0.1) is 0 Å². The Labute approximate surface area is 235 Å². The zero-order valence-corrected chi connectivity index (χ0v) is 24.0. The van der Waals surface area contributed by atoms with E-state index in [0.29, 0.717) is 53.8 Å². The highest BCUT2D eigenvalue weighted by molar-refractivity contribution is 7.92. The molecule has 9 nitrogen and oxygen atoms in total. The van der Waals surface area contributed by atoms with Gasteiger partial charge in [0.2, 0.25) is 15.9 Å². The summed E-state index contributed by atoms with van der Waals surface area (Å²) in [4.78, 5) is 25.4. The van der Waals surface area contributed by atoms with Crippen LogP contribution >= 0.6 is 0 Å². The molecule has 1 aliphatic heterocycles. The Morgan fingerprint density at radius 2 is 1.52 bits per heavy atom. The topological polar surface area (TPSA) is 114 Å². The van der Waals surface area contributed by atoms with Gasteiger partial charge in [0.25, 0.3) is 5.91 Å². The van der Waals surface area contributed by atoms with Crippen LogP contribution < -0.4 is 24.4 Å². The molecule has 1 heterocycles. The first-order valence-corrected chi connectivity index (χ1v) is 14.9. The van der Waals surface area contributed by atoms with Gasteiger partial charge < -0.3 is 20.1 Å². The van der Waals surface area contributed by atoms with E-state index in [-0.39, 0.29) is 30.2 Å². The minimum Gasteiger partial charge on any atom is -0.486 e. The lowest BCUT2D eigenvalue weighted by atomic mass is 9.87. The summed E-state index contributed by atoms with van der Waals surface area (Å²) >= 11 is 0. The summed E-state index contributed by atoms with van der Waals surface area (Å²) in [5.74, 6) is 0.546. The highest BCUT2D eigenvalue weighted by atomic mass is 32.2. The van der Waals surface area contributed by atoms with E-state index in [2.05, 4.69) is 31.4 Å². The fourth-order valence-corrected chi connectivity index (χ4v) is 5.24. The molecule has 0 bridgehead atoms. The molecular weight excluding hydrogens is 530 g/mol. The summed E-state index contributed by atoms with van der Waals surface area (Å²) in [5, 5.41) is 5.68. The van der Waals surface area contributed by atoms with Crippen molar-refractivity contribution < 1.29 is 27.5 Å². The Morgan fingerprint density at radius 1 is 0.875 bits per heavy atom. The second kappa shape index (κ2) is 12.0. The van der Waals surface area contributed by atoms with E-state index in [0.717, 1.165) is 11.8 Å². The summed E-state index contributed by atoms with van der Waals surface area (Å²) in [6.07, 6.45) is 1.53. The number of amides is 2. The quantitative estimate of drug-likeness (QED) is 0.369. The molecule has 0 saturated carbocycles. The third kappa shape index (κ3) is 7.53. The molecule has 0 aliphatic carbocycles. The number of sulfonamides is 1. The molecule has 0 radical (unpaired) electrons. The molecule has 2 N–H and O–H groups in total. The fourth-order valence-electron chi connectivity index (χ4n) is 4.28. The molecule has 2 amide bonds. The predicted octanol–water partition coefficient (Wildman–Crippen LogP) is 5.19. The standard InChI is InChI=1S/C30H35N3O6S/c1-30(2,3)22-12-10-21(11-13-22)29(35)32-24-8-5-7-23(19-24)31-28(34)9-6-16-33(40(4,36)37)25-14-15-26-27(20-25)39-18-17-38-26/h5,7-8,10-15,19-20H,6,9,16-18H2,1-4H3,(H,31,34)(H,32,35). The predicted molar refractivity (Wildman–Crippen MR) is 157 cm³/mol. The third-order valence-electron chi connectivity index (χ3n) is 6.40. The summed E-state index contributed by atoms with van der Waals surface area (Å²) in [7, 11) is -3.59. The fraction of sp³-hybridized carbons (Fsp3) is 0.333. The Kier molecular flexibility index (Phi) is 8.68. The monoisotopic (exact) mass is 565 g/mol. The molecule has 3 aromatic rings. The van der Waals surface area contributed by atoms with Crippen LogP contribution in [0.25, 0.3) is 0 Å². The zero-order chi connectivity index (χ0) is 28.9. The van der Waals surface area contributed by atoms with Gasteiger partial charge in [0.05, 0.1) is 11.9 Å². The second-order valence-electron chi connectivity index (χ2n) is 10.7. The number of ether oxygens (including phenoxy) is 2. The lowest BCUT2D eigenvalue weighted by Gasteiger charge is -2.25. The average Bonchev–Trinajstić information content (AvgIpc) is 2.90. The van der Waals surface area contributed by atoms with Crippen molar-refractivity contribution in [2.45, 2.75) is 39.0 Å². The lowest BCUT2D eigenvalue weighted by molar-refractivity contribution is -0.116. The normalized spacial score (nSPS) is 12.9. The number of nitrogens with one attached hydrogen (secondary N) is 2. The van der Waals surface area contributed by atoms with Crippen LogP contribution in [0.3, 0.4) is 0 Å². The van der Waals surface area contributed by atoms with Gasteiger partial charge in [-0.25, -0.2) is 8.42 Å². The van der Waals surface area contributed by atoms with Crippen molar-refractivity contribution in [1.82, 2.24) is 0 Å². The smallest absolute Gasteiger partial charge is 0.255 e. The summed E-state index contributed by atoms with van der Waals surface area (Å²) in [6, 6.07) is 19.4. The van der Waals surface area contributed by atoms with Gasteiger partial charge in [0.15, 0.2) is 11.5 Å². The van der Waals surface area contributed by atoms with E-state index >= 15 is 0 Å². The van der Waals surface area contributed by atoms with Crippen molar-refractivity contribution in [3.8, 4) is 11.5 Å². The van der Waals surface area contributed by atoms with Crippen LogP contribution in [0.4, 0.5) is 17.1 Å². The van der Waals surface area contributed by atoms with Crippen molar-refractivity contribution in [1.29, 1.82) is 0 Å². The molecule has 0 saturated heterocycles. The number of benzene rings is 3. The second-order valence-corrected chi connectivity index (χ2v) is 12.6. The molecule has 0 unspecified atom stereocenters. The van der Waals surface area contributed by atoms with Gasteiger partial charge in [-0.05, 0) is 59.9 Å². The van der Waals surface area contributed by atoms with Gasteiger partial charge in [-0.15, -0.1) is 0 Å². The summed E-state index contributed by atoms with van der Waals surface area (Å²) in [5.41, 5.74) is 3.19. The van der Waals surface area contributed by atoms with Crippen LogP contribution in [-0.4, -0.2) is 46.2 Å². The Hall–Kier alpha value is -4.05. The van der Waals surface area contributed by atoms with Crippen LogP contribution in [-0.2, 0) is 20.2 Å². The van der Waals surface area contributed by atoms with Gasteiger partial charge in [-0.2, -0.15) is 0 Å². The van der Waals surface area contributed by atoms with Crippen LogP contribution in [0.5, 0.6) is 11.5 Å². The first-order valence-electron chi connectivity index (χ1n) is 13.1. The minimum absolute atomic E-state index is 0.00393. The molecule has 4 rings (SSSR count). The van der Waals surface area contributed by atoms with Crippen LogP contribution in [0.2, 0.25) is 0 Å². The van der Waals surface area contributed by atoms with Gasteiger partial charge in [0, 0.05) is 36.0 Å². The molecule has 0 aromatic heterocycles. The van der Waals surface area contributed by atoms with Crippen LogP contribution in [0.1, 0.15) is 49.5 Å². The van der Waals surface area contributed by atoms with E-state index in [1.165, 1.54) is 4.31 Å². The van der Waals surface area contributed by atoms with Gasteiger partial charge in [-0.1, -0.05) is 39.0 Å². The first kappa shape index (κ1) is 28.9. The van der Waals surface area contributed by atoms with E-state index in [1.807, 2.05) is 12.1 Å². The highest BCUT2D eigenvalue weighted by Gasteiger charge is 2.21. The molecular formula is C30H35N3O6S. The summed E-state index contributed by atoms with van der Waals surface area (Å²) in [6.45, 7) is 7.30. The maximum absolute atomic E-state index is 12.7. The van der Waals surface area contributed by atoms with E-state index in [4.69, 9.17) is 9.47 Å². The molecule has 212 valence electrons. The maximum Gasteiger partial charge on any atom is 0.255 e. The van der Waals surface area contributed by atoms with E-state index < -0.39 is 10.0 Å². The molecule has 0 spiro atoms. The molecule has 3 aromatic carbocycles. The first-order chi connectivity index (χ1) is 18.9. The van der Waals surface area contributed by atoms with Crippen molar-refractivity contribution in [2.24, 2.45) is 0 Å². The summed E-state index contributed by atoms with van der Waals surface area (Å²) < 4.78 is 37.3. The van der Waals surface area contributed by atoms with Gasteiger partial charge >= 0.3 is 0 Å². The van der Waals surface area contributed by atoms with Crippen molar-refractivity contribution in [2.75, 3.05) is 41.0 Å². The molecule has 0 atom stereocenters. The van der Waals surface area contributed by atoms with Gasteiger partial charge in [0.1, 0.15) is 13.2 Å². The van der Waals surface area contributed by atoms with Crippen molar-refractivity contribution in [3.05, 3.63) is 77.9 Å². The number of hydrogen-bond acceptors (Lipinski definition) is 6. The molecule has 40 heavy (non-hydrogen) atoms. The zero-order valence-electron chi connectivity index (χ0n) is 23.2. The van der Waals surface area contributed by atoms with Crippen molar-refractivity contribution >= 4 is 38.9 Å². The minimum atomic E-state index is -3.59. The molecule has 0 fully saturated rings. The Bertz CT molecular complexity index is 1480. The van der Waals surface area contributed by atoms with Crippen molar-refractivity contribution in [3.63, 3.8) is 0 Å². The van der Waals surface area contributed by atoms with E-state index in [1.54, 1.807) is 54.6 Å². The number of carbonyl (C=O) groups excluding carboxylic acids is 2. The van der Waals surface area contributed by atoms with Crippen LogP contribution in [0.15, 0.2) is 66.7 Å².